The van der Waals surface area contributed by atoms with Crippen molar-refractivity contribution in [2.24, 2.45) is 0 Å². The molecular weight excluding hydrogens is 621 g/mol. The van der Waals surface area contributed by atoms with Gasteiger partial charge in [0.15, 0.2) is 20.3 Å². The van der Waals surface area contributed by atoms with Crippen LogP contribution in [0, 0.1) is 18.3 Å². The summed E-state index contributed by atoms with van der Waals surface area (Å²) in [4.78, 5) is 26.0. The van der Waals surface area contributed by atoms with Crippen molar-refractivity contribution in [1.29, 1.82) is 5.26 Å². The molecule has 1 atom stereocenters. The molecule has 10 nitrogen and oxygen atoms in total. The average Bonchev–Trinajstić information content (AvgIpc) is 3.28. The minimum atomic E-state index is -2.04. The van der Waals surface area contributed by atoms with Gasteiger partial charge in [-0.3, -0.25) is 0 Å². The first-order valence-corrected chi connectivity index (χ1v) is 19.5. The third-order valence-electron chi connectivity index (χ3n) is 9.03. The summed E-state index contributed by atoms with van der Waals surface area (Å²) < 4.78 is 29.7. The Balaban J connectivity index is 1.71. The maximum absolute atomic E-state index is 14.1. The van der Waals surface area contributed by atoms with E-state index < -0.39 is 13.9 Å². The summed E-state index contributed by atoms with van der Waals surface area (Å²) in [5, 5.41) is 12.3. The largest absolute Gasteiger partial charge is 0.468 e. The average molecular weight is 663 g/mol. The van der Waals surface area contributed by atoms with Gasteiger partial charge in [-0.25, -0.2) is 14.8 Å². The highest BCUT2D eigenvalue weighted by Gasteiger charge is 2.39. The van der Waals surface area contributed by atoms with Crippen molar-refractivity contribution >= 4 is 47.6 Å². The minimum absolute atomic E-state index is 0.0388. The van der Waals surface area contributed by atoms with Gasteiger partial charge in [0.2, 0.25) is 0 Å². The van der Waals surface area contributed by atoms with E-state index in [0.717, 1.165) is 11.8 Å². The van der Waals surface area contributed by atoms with Gasteiger partial charge in [0, 0.05) is 36.8 Å². The van der Waals surface area contributed by atoms with Crippen molar-refractivity contribution in [3.63, 3.8) is 0 Å². The molecule has 1 saturated heterocycles. The van der Waals surface area contributed by atoms with Crippen LogP contribution in [0.3, 0.4) is 0 Å². The molecule has 244 valence electrons. The van der Waals surface area contributed by atoms with E-state index in [1.807, 2.05) is 31.4 Å². The normalized spacial score (nSPS) is 16.1. The summed E-state index contributed by atoms with van der Waals surface area (Å²) in [6.07, 6.45) is 2.65. The number of ether oxygens (including phenoxy) is 3. The quantitative estimate of drug-likeness (QED) is 0.0805. The second-order valence-electron chi connectivity index (χ2n) is 13.0. The topological polar surface area (TPSA) is 120 Å². The van der Waals surface area contributed by atoms with E-state index in [9.17, 15) is 10.1 Å². The van der Waals surface area contributed by atoms with E-state index >= 15 is 0 Å². The highest BCUT2D eigenvalue weighted by Crippen LogP contribution is 2.40. The van der Waals surface area contributed by atoms with Crippen LogP contribution in [0.5, 0.6) is 5.75 Å². The summed E-state index contributed by atoms with van der Waals surface area (Å²) >= 11 is 1.41. The summed E-state index contributed by atoms with van der Waals surface area (Å²) in [5.41, 5.74) is 1.62. The maximum Gasteiger partial charge on any atom is 0.349 e. The lowest BCUT2D eigenvalue weighted by molar-refractivity contribution is 0.0512. The number of nitriles is 1. The van der Waals surface area contributed by atoms with Crippen molar-refractivity contribution < 1.29 is 23.1 Å². The van der Waals surface area contributed by atoms with Gasteiger partial charge >= 0.3 is 5.63 Å². The van der Waals surface area contributed by atoms with Gasteiger partial charge in [-0.1, -0.05) is 44.7 Å². The molecule has 4 aromatic rings. The Morgan fingerprint density at radius 3 is 2.65 bits per heavy atom. The Morgan fingerprint density at radius 2 is 1.96 bits per heavy atom. The van der Waals surface area contributed by atoms with Crippen molar-refractivity contribution in [1.82, 2.24) is 9.97 Å². The summed E-state index contributed by atoms with van der Waals surface area (Å²) in [6.45, 7) is 15.2. The molecule has 0 amide bonds. The first kappa shape index (κ1) is 33.9. The van der Waals surface area contributed by atoms with Gasteiger partial charge in [-0.05, 0) is 61.3 Å². The molecule has 0 radical (unpaired) electrons. The molecule has 0 N–H and O–H groups in total. The van der Waals surface area contributed by atoms with E-state index in [1.54, 1.807) is 19.2 Å². The van der Waals surface area contributed by atoms with Crippen molar-refractivity contribution in [2.45, 2.75) is 63.4 Å². The zero-order valence-electron chi connectivity index (χ0n) is 27.9. The van der Waals surface area contributed by atoms with Crippen LogP contribution < -0.4 is 15.3 Å². The molecule has 1 aliphatic heterocycles. The number of hydrogen-bond acceptors (Lipinski definition) is 11. The molecule has 1 unspecified atom stereocenters. The number of aryl methyl sites for hydroxylation is 1. The molecule has 46 heavy (non-hydrogen) atoms. The molecule has 2 aromatic carbocycles. The van der Waals surface area contributed by atoms with Crippen LogP contribution in [0.15, 0.2) is 44.7 Å². The monoisotopic (exact) mass is 662 g/mol. The molecule has 5 rings (SSSR count). The lowest BCUT2D eigenvalue weighted by atomic mass is 9.95. The Labute approximate surface area is 275 Å². The van der Waals surface area contributed by atoms with Crippen LogP contribution in [0.25, 0.3) is 33.0 Å². The van der Waals surface area contributed by atoms with Gasteiger partial charge in [0.05, 0.1) is 36.4 Å². The van der Waals surface area contributed by atoms with E-state index in [1.165, 1.54) is 11.8 Å². The van der Waals surface area contributed by atoms with E-state index in [-0.39, 0.29) is 17.9 Å². The number of aromatic nitrogens is 2. The lowest BCUT2D eigenvalue weighted by Gasteiger charge is -2.39. The summed E-state index contributed by atoms with van der Waals surface area (Å²) in [7, 11) is -0.496. The number of fused-ring (bicyclic) bond motifs is 2. The third kappa shape index (κ3) is 6.66. The highest BCUT2D eigenvalue weighted by molar-refractivity contribution is 7.98. The number of hydrogen-bond donors (Lipinski definition) is 0. The first-order chi connectivity index (χ1) is 21.9. The molecule has 3 heterocycles. The minimum Gasteiger partial charge on any atom is -0.468 e. The van der Waals surface area contributed by atoms with Gasteiger partial charge in [0.25, 0.3) is 0 Å². The molecule has 2 aromatic heterocycles. The standard InChI is InChI=1S/C34H42N4O6SSi/c1-21-29-28(32(39)44-30(21)26-17-25(42-20-40-5)16-22-10-9-11-23(18-35)27(22)26)31(37-33(36-29)45-6)38-13-15-41-14-12-24(38)19-43-46(7,8)34(2,3)4/h9-11,16-17,24H,12-15,19-20H2,1-8H3. The second-order valence-corrected chi connectivity index (χ2v) is 18.5. The lowest BCUT2D eigenvalue weighted by Crippen LogP contribution is -2.47. The molecule has 12 heteroatoms. The number of methoxy groups -OCH3 is 1. The maximum atomic E-state index is 14.1. The molecule has 1 fully saturated rings. The molecule has 0 spiro atoms. The van der Waals surface area contributed by atoms with Crippen LogP contribution in [-0.4, -0.2) is 70.9 Å². The van der Waals surface area contributed by atoms with Crippen LogP contribution in [-0.2, 0) is 13.9 Å². The fraction of sp³-hybridized carbons (Fsp3) is 0.471. The van der Waals surface area contributed by atoms with Crippen LogP contribution in [0.1, 0.15) is 38.3 Å². The Kier molecular flexibility index (Phi) is 10.1. The van der Waals surface area contributed by atoms with E-state index in [0.29, 0.717) is 81.8 Å². The smallest absolute Gasteiger partial charge is 0.349 e. The predicted molar refractivity (Wildman–Crippen MR) is 184 cm³/mol. The Hall–Kier alpha value is -3.47. The van der Waals surface area contributed by atoms with Crippen molar-refractivity contribution in [3.8, 4) is 23.1 Å². The van der Waals surface area contributed by atoms with Gasteiger partial charge in [0.1, 0.15) is 22.7 Å². The Morgan fingerprint density at radius 1 is 1.17 bits per heavy atom. The Bertz CT molecular complexity index is 1850. The number of thioether (sulfide) groups is 1. The molecular formula is C34H42N4O6SSi. The van der Waals surface area contributed by atoms with Gasteiger partial charge in [-0.2, -0.15) is 5.26 Å². The summed E-state index contributed by atoms with van der Waals surface area (Å²) in [5.74, 6) is 1.36. The number of benzene rings is 2. The van der Waals surface area contributed by atoms with Crippen LogP contribution >= 0.6 is 11.8 Å². The fourth-order valence-electron chi connectivity index (χ4n) is 5.45. The number of anilines is 1. The third-order valence-corrected chi connectivity index (χ3v) is 14.1. The summed E-state index contributed by atoms with van der Waals surface area (Å²) in [6, 6.07) is 11.3. The van der Waals surface area contributed by atoms with Crippen LogP contribution in [0.4, 0.5) is 5.82 Å². The van der Waals surface area contributed by atoms with Gasteiger partial charge < -0.3 is 28.0 Å². The molecule has 0 aliphatic carbocycles. The van der Waals surface area contributed by atoms with E-state index in [4.69, 9.17) is 33.0 Å². The number of nitrogens with zero attached hydrogens (tertiary/aromatic N) is 4. The van der Waals surface area contributed by atoms with Crippen LogP contribution in [0.2, 0.25) is 18.1 Å². The zero-order chi connectivity index (χ0) is 33.2. The molecule has 0 bridgehead atoms. The first-order valence-electron chi connectivity index (χ1n) is 15.4. The zero-order valence-corrected chi connectivity index (χ0v) is 29.7. The number of rotatable bonds is 9. The highest BCUT2D eigenvalue weighted by atomic mass is 32.2. The SMILES string of the molecule is COCOc1cc(-c2oc(=O)c3c(N4CCOCCC4CO[Si](C)(C)C(C)(C)C)nc(SC)nc3c2C)c2c(C#N)cccc2c1. The fourth-order valence-corrected chi connectivity index (χ4v) is 6.85. The molecule has 0 saturated carbocycles. The predicted octanol–water partition coefficient (Wildman–Crippen LogP) is 6.91. The molecule has 1 aliphatic rings. The van der Waals surface area contributed by atoms with Gasteiger partial charge in [-0.15, -0.1) is 0 Å². The van der Waals surface area contributed by atoms with Crippen molar-refractivity contribution in [2.75, 3.05) is 51.4 Å². The van der Waals surface area contributed by atoms with E-state index in [2.05, 4.69) is 44.8 Å². The van der Waals surface area contributed by atoms with Crippen molar-refractivity contribution in [3.05, 3.63) is 51.9 Å². The second kappa shape index (κ2) is 13.7.